The van der Waals surface area contributed by atoms with Crippen molar-refractivity contribution in [1.82, 2.24) is 19.7 Å². The van der Waals surface area contributed by atoms with Gasteiger partial charge in [0.15, 0.2) is 5.65 Å². The highest BCUT2D eigenvalue weighted by atomic mass is 16.2. The topological polar surface area (TPSA) is 77.0 Å². The summed E-state index contributed by atoms with van der Waals surface area (Å²) in [5.74, 6) is 0.0304. The molecule has 1 unspecified atom stereocenters. The first-order valence-corrected chi connectivity index (χ1v) is 7.42. The summed E-state index contributed by atoms with van der Waals surface area (Å²) >= 11 is 0. The first-order valence-electron chi connectivity index (χ1n) is 7.42. The largest absolute Gasteiger partial charge is 0.334 e. The third-order valence-corrected chi connectivity index (χ3v) is 4.27. The van der Waals surface area contributed by atoms with Gasteiger partial charge in [-0.2, -0.15) is 5.10 Å². The number of aromatic nitrogens is 3. The van der Waals surface area contributed by atoms with Crippen molar-refractivity contribution >= 4 is 16.9 Å². The van der Waals surface area contributed by atoms with E-state index in [9.17, 15) is 4.79 Å². The minimum absolute atomic E-state index is 0.0304. The van der Waals surface area contributed by atoms with Crippen molar-refractivity contribution in [3.05, 3.63) is 23.5 Å². The minimum atomic E-state index is 0.0304. The Balaban J connectivity index is 1.95. The van der Waals surface area contributed by atoms with Gasteiger partial charge < -0.3 is 10.6 Å². The van der Waals surface area contributed by atoms with Crippen molar-refractivity contribution in [2.75, 3.05) is 13.1 Å². The lowest BCUT2D eigenvalue weighted by molar-refractivity contribution is 0.0623. The van der Waals surface area contributed by atoms with E-state index in [-0.39, 0.29) is 11.9 Å². The molecule has 0 aliphatic carbocycles. The summed E-state index contributed by atoms with van der Waals surface area (Å²) in [7, 11) is 1.86. The highest BCUT2D eigenvalue weighted by Gasteiger charge is 2.27. The van der Waals surface area contributed by atoms with Crippen LogP contribution < -0.4 is 5.73 Å². The number of pyridine rings is 1. The van der Waals surface area contributed by atoms with Gasteiger partial charge >= 0.3 is 0 Å². The van der Waals surface area contributed by atoms with Crippen LogP contribution in [0.5, 0.6) is 0 Å². The maximum absolute atomic E-state index is 12.7. The SMILES string of the molecule is Cc1nn(C)c2ncc(C(=O)N3CCCCC3CN)cc12. The van der Waals surface area contributed by atoms with Gasteiger partial charge in [-0.15, -0.1) is 0 Å². The summed E-state index contributed by atoms with van der Waals surface area (Å²) < 4.78 is 1.74. The van der Waals surface area contributed by atoms with Crippen molar-refractivity contribution < 1.29 is 4.79 Å². The van der Waals surface area contributed by atoms with Crippen molar-refractivity contribution in [1.29, 1.82) is 0 Å². The molecule has 21 heavy (non-hydrogen) atoms. The molecular weight excluding hydrogens is 266 g/mol. The van der Waals surface area contributed by atoms with Crippen molar-refractivity contribution in [2.45, 2.75) is 32.2 Å². The molecule has 1 amide bonds. The van der Waals surface area contributed by atoms with Gasteiger partial charge in [0.2, 0.25) is 0 Å². The summed E-state index contributed by atoms with van der Waals surface area (Å²) in [5, 5.41) is 5.28. The Morgan fingerprint density at radius 3 is 3.05 bits per heavy atom. The van der Waals surface area contributed by atoms with Crippen LogP contribution in [0.15, 0.2) is 12.3 Å². The highest BCUT2D eigenvalue weighted by Crippen LogP contribution is 2.21. The van der Waals surface area contributed by atoms with E-state index in [1.54, 1.807) is 10.9 Å². The number of amides is 1. The quantitative estimate of drug-likeness (QED) is 0.901. The lowest BCUT2D eigenvalue weighted by atomic mass is 10.0. The second kappa shape index (κ2) is 5.44. The molecule has 1 aliphatic rings. The number of hydrogen-bond donors (Lipinski definition) is 1. The zero-order valence-corrected chi connectivity index (χ0v) is 12.5. The molecule has 1 saturated heterocycles. The van der Waals surface area contributed by atoms with Gasteiger partial charge in [-0.3, -0.25) is 9.48 Å². The fraction of sp³-hybridized carbons (Fsp3) is 0.533. The first-order chi connectivity index (χ1) is 10.1. The summed E-state index contributed by atoms with van der Waals surface area (Å²) in [6.07, 6.45) is 4.83. The van der Waals surface area contributed by atoms with E-state index in [0.717, 1.165) is 42.5 Å². The van der Waals surface area contributed by atoms with Crippen LogP contribution in [0.1, 0.15) is 35.3 Å². The van der Waals surface area contributed by atoms with E-state index >= 15 is 0 Å². The number of likely N-dealkylation sites (tertiary alicyclic amines) is 1. The number of carbonyl (C=O) groups is 1. The molecule has 3 heterocycles. The maximum Gasteiger partial charge on any atom is 0.255 e. The fourth-order valence-corrected chi connectivity index (χ4v) is 3.10. The van der Waals surface area contributed by atoms with Crippen LogP contribution in [0.25, 0.3) is 11.0 Å². The Labute approximate surface area is 123 Å². The van der Waals surface area contributed by atoms with Crippen LogP contribution in [0.4, 0.5) is 0 Å². The molecule has 0 spiro atoms. The molecule has 0 saturated carbocycles. The van der Waals surface area contributed by atoms with Crippen molar-refractivity contribution in [3.63, 3.8) is 0 Å². The first kappa shape index (κ1) is 14.0. The number of nitrogens with zero attached hydrogens (tertiary/aromatic N) is 4. The Morgan fingerprint density at radius 2 is 2.29 bits per heavy atom. The number of nitrogens with two attached hydrogens (primary N) is 1. The van der Waals surface area contributed by atoms with Crippen LogP contribution in [0.2, 0.25) is 0 Å². The average molecular weight is 287 g/mol. The Hall–Kier alpha value is -1.95. The predicted molar refractivity (Wildman–Crippen MR) is 81.0 cm³/mol. The second-order valence-electron chi connectivity index (χ2n) is 5.69. The lowest BCUT2D eigenvalue weighted by Gasteiger charge is -2.35. The Kier molecular flexibility index (Phi) is 3.63. The molecule has 2 aromatic rings. The molecule has 6 heteroatoms. The number of hydrogen-bond acceptors (Lipinski definition) is 4. The van der Waals surface area contributed by atoms with Gasteiger partial charge in [-0.05, 0) is 32.3 Å². The van der Waals surface area contributed by atoms with Crippen molar-refractivity contribution in [3.8, 4) is 0 Å². The standard InChI is InChI=1S/C15H21N5O/c1-10-13-7-11(9-17-14(13)19(2)18-10)15(21)20-6-4-3-5-12(20)8-16/h7,9,12H,3-6,8,16H2,1-2H3. The monoisotopic (exact) mass is 287 g/mol. The number of aryl methyl sites for hydroxylation is 2. The molecule has 0 radical (unpaired) electrons. The zero-order valence-electron chi connectivity index (χ0n) is 12.5. The zero-order chi connectivity index (χ0) is 15.0. The van der Waals surface area contributed by atoms with Gasteiger partial charge in [0.25, 0.3) is 5.91 Å². The van der Waals surface area contributed by atoms with Crippen LogP contribution in [-0.2, 0) is 7.05 Å². The molecule has 1 fully saturated rings. The van der Waals surface area contributed by atoms with Crippen LogP contribution in [-0.4, -0.2) is 44.7 Å². The minimum Gasteiger partial charge on any atom is -0.334 e. The maximum atomic E-state index is 12.7. The Bertz CT molecular complexity index is 678. The van der Waals surface area contributed by atoms with Crippen LogP contribution in [0.3, 0.4) is 0 Å². The van der Waals surface area contributed by atoms with Gasteiger partial charge in [-0.25, -0.2) is 4.98 Å². The second-order valence-corrected chi connectivity index (χ2v) is 5.69. The van der Waals surface area contributed by atoms with Crippen LogP contribution in [0, 0.1) is 6.92 Å². The molecule has 1 aliphatic heterocycles. The number of rotatable bonds is 2. The normalized spacial score (nSPS) is 19.2. The number of carbonyl (C=O) groups excluding carboxylic acids is 1. The Morgan fingerprint density at radius 1 is 1.48 bits per heavy atom. The van der Waals surface area contributed by atoms with Gasteiger partial charge in [0.1, 0.15) is 0 Å². The molecule has 2 N–H and O–H groups in total. The molecular formula is C15H21N5O. The van der Waals surface area contributed by atoms with E-state index < -0.39 is 0 Å². The smallest absolute Gasteiger partial charge is 0.255 e. The summed E-state index contributed by atoms with van der Waals surface area (Å²) in [6.45, 7) is 3.24. The molecule has 3 rings (SSSR count). The van der Waals surface area contributed by atoms with Gasteiger partial charge in [-0.1, -0.05) is 0 Å². The van der Waals surface area contributed by atoms with E-state index in [0.29, 0.717) is 12.1 Å². The molecule has 2 aromatic heterocycles. The fourth-order valence-electron chi connectivity index (χ4n) is 3.10. The summed E-state index contributed by atoms with van der Waals surface area (Å²) in [4.78, 5) is 19.0. The summed E-state index contributed by atoms with van der Waals surface area (Å²) in [6, 6.07) is 2.05. The average Bonchev–Trinajstić information content (AvgIpc) is 2.81. The predicted octanol–water partition coefficient (Wildman–Crippen LogP) is 1.23. The molecule has 0 aromatic carbocycles. The van der Waals surface area contributed by atoms with E-state index in [2.05, 4.69) is 10.1 Å². The third kappa shape index (κ3) is 2.40. The van der Waals surface area contributed by atoms with E-state index in [4.69, 9.17) is 5.73 Å². The van der Waals surface area contributed by atoms with E-state index in [1.165, 1.54) is 0 Å². The number of piperidine rings is 1. The van der Waals surface area contributed by atoms with Gasteiger partial charge in [0.05, 0.1) is 11.3 Å². The lowest BCUT2D eigenvalue weighted by Crippen LogP contribution is -2.47. The van der Waals surface area contributed by atoms with Crippen LogP contribution >= 0.6 is 0 Å². The summed E-state index contributed by atoms with van der Waals surface area (Å²) in [5.41, 5.74) is 8.12. The molecule has 6 nitrogen and oxygen atoms in total. The number of fused-ring (bicyclic) bond motifs is 1. The highest BCUT2D eigenvalue weighted by molar-refractivity contribution is 5.97. The molecule has 112 valence electrons. The molecule has 0 bridgehead atoms. The third-order valence-electron chi connectivity index (χ3n) is 4.27. The van der Waals surface area contributed by atoms with E-state index in [1.807, 2.05) is 24.9 Å². The molecule has 1 atom stereocenters. The van der Waals surface area contributed by atoms with Gasteiger partial charge in [0, 0.05) is 37.8 Å². The van der Waals surface area contributed by atoms with Crippen molar-refractivity contribution in [2.24, 2.45) is 12.8 Å².